The molecular formula is C13H18N2O4S. The summed E-state index contributed by atoms with van der Waals surface area (Å²) in [5.41, 5.74) is 0.823. The predicted molar refractivity (Wildman–Crippen MR) is 73.8 cm³/mol. The second-order valence-corrected chi connectivity index (χ2v) is 7.00. The minimum absolute atomic E-state index is 0.159. The highest BCUT2D eigenvalue weighted by Crippen LogP contribution is 2.11. The van der Waals surface area contributed by atoms with Crippen molar-refractivity contribution in [2.75, 3.05) is 12.8 Å². The number of rotatable bonds is 4. The molecule has 1 aromatic rings. The van der Waals surface area contributed by atoms with Crippen LogP contribution in [-0.2, 0) is 21.2 Å². The van der Waals surface area contributed by atoms with Crippen molar-refractivity contribution in [3.63, 3.8) is 0 Å². The van der Waals surface area contributed by atoms with E-state index < -0.39 is 15.9 Å². The third-order valence-corrected chi connectivity index (χ3v) is 4.37. The van der Waals surface area contributed by atoms with Crippen LogP contribution >= 0.6 is 0 Å². The Morgan fingerprint density at radius 3 is 2.55 bits per heavy atom. The molecule has 1 saturated heterocycles. The topological polar surface area (TPSA) is 95.5 Å². The molecule has 1 fully saturated rings. The largest absolute Gasteiger partial charge is 0.392 e. The zero-order valence-corrected chi connectivity index (χ0v) is 12.0. The SMILES string of the molecule is CS(=O)(=O)c1ccc(CNC(=O)C2CC(O)CN2)cc1. The van der Waals surface area contributed by atoms with E-state index in [4.69, 9.17) is 0 Å². The molecule has 0 saturated carbocycles. The van der Waals surface area contributed by atoms with E-state index in [-0.39, 0.29) is 16.8 Å². The molecule has 0 aromatic heterocycles. The summed E-state index contributed by atoms with van der Waals surface area (Å²) >= 11 is 0. The zero-order valence-electron chi connectivity index (χ0n) is 11.2. The molecule has 3 N–H and O–H groups in total. The van der Waals surface area contributed by atoms with Crippen molar-refractivity contribution >= 4 is 15.7 Å². The van der Waals surface area contributed by atoms with Crippen LogP contribution in [0.4, 0.5) is 0 Å². The lowest BCUT2D eigenvalue weighted by Crippen LogP contribution is -2.39. The maximum atomic E-state index is 11.8. The standard InChI is InChI=1S/C13H18N2O4S/c1-20(18,19)11-4-2-9(3-5-11)7-15-13(17)12-6-10(16)8-14-12/h2-5,10,12,14,16H,6-8H2,1H3,(H,15,17). The van der Waals surface area contributed by atoms with Crippen LogP contribution in [0, 0.1) is 0 Å². The van der Waals surface area contributed by atoms with Crippen LogP contribution in [0.25, 0.3) is 0 Å². The summed E-state index contributed by atoms with van der Waals surface area (Å²) in [6.45, 7) is 0.762. The Bertz CT molecular complexity index is 583. The van der Waals surface area contributed by atoms with E-state index in [1.54, 1.807) is 12.1 Å². The fourth-order valence-corrected chi connectivity index (χ4v) is 2.71. The average molecular weight is 298 g/mol. The first-order chi connectivity index (χ1) is 9.36. The Morgan fingerprint density at radius 1 is 1.40 bits per heavy atom. The molecule has 2 unspecified atom stereocenters. The van der Waals surface area contributed by atoms with Gasteiger partial charge in [-0.3, -0.25) is 4.79 Å². The first-order valence-electron chi connectivity index (χ1n) is 6.34. The fourth-order valence-electron chi connectivity index (χ4n) is 2.08. The summed E-state index contributed by atoms with van der Waals surface area (Å²) < 4.78 is 22.6. The molecule has 0 radical (unpaired) electrons. The van der Waals surface area contributed by atoms with Gasteiger partial charge in [-0.05, 0) is 24.1 Å². The van der Waals surface area contributed by atoms with E-state index in [9.17, 15) is 18.3 Å². The maximum absolute atomic E-state index is 11.8. The Morgan fingerprint density at radius 2 is 2.05 bits per heavy atom. The summed E-state index contributed by atoms with van der Waals surface area (Å²) in [5.74, 6) is -0.159. The van der Waals surface area contributed by atoms with Gasteiger partial charge in [-0.1, -0.05) is 12.1 Å². The van der Waals surface area contributed by atoms with Crippen LogP contribution in [0.15, 0.2) is 29.2 Å². The van der Waals surface area contributed by atoms with Crippen LogP contribution in [0.2, 0.25) is 0 Å². The molecule has 1 aliphatic rings. The summed E-state index contributed by atoms with van der Waals surface area (Å²) in [7, 11) is -3.20. The number of hydrogen-bond donors (Lipinski definition) is 3. The van der Waals surface area contributed by atoms with E-state index in [0.29, 0.717) is 19.5 Å². The van der Waals surface area contributed by atoms with Crippen molar-refractivity contribution in [2.24, 2.45) is 0 Å². The van der Waals surface area contributed by atoms with Crippen molar-refractivity contribution in [1.29, 1.82) is 0 Å². The van der Waals surface area contributed by atoms with Gasteiger partial charge in [0.1, 0.15) is 0 Å². The second kappa shape index (κ2) is 5.90. The number of nitrogens with one attached hydrogen (secondary N) is 2. The molecule has 20 heavy (non-hydrogen) atoms. The van der Waals surface area contributed by atoms with Crippen molar-refractivity contribution < 1.29 is 18.3 Å². The number of sulfone groups is 1. The number of carbonyl (C=O) groups excluding carboxylic acids is 1. The summed E-state index contributed by atoms with van der Waals surface area (Å²) in [6, 6.07) is 6.03. The van der Waals surface area contributed by atoms with Gasteiger partial charge < -0.3 is 15.7 Å². The van der Waals surface area contributed by atoms with Crippen LogP contribution in [0.5, 0.6) is 0 Å². The molecule has 1 heterocycles. The Balaban J connectivity index is 1.90. The second-order valence-electron chi connectivity index (χ2n) is 4.98. The molecule has 0 spiro atoms. The van der Waals surface area contributed by atoms with E-state index in [1.807, 2.05) is 0 Å². The van der Waals surface area contributed by atoms with Gasteiger partial charge in [0.2, 0.25) is 5.91 Å². The van der Waals surface area contributed by atoms with Crippen LogP contribution in [0.3, 0.4) is 0 Å². The van der Waals surface area contributed by atoms with E-state index in [1.165, 1.54) is 12.1 Å². The molecule has 2 atom stereocenters. The van der Waals surface area contributed by atoms with Gasteiger partial charge in [-0.2, -0.15) is 0 Å². The minimum atomic E-state index is -3.20. The maximum Gasteiger partial charge on any atom is 0.237 e. The molecule has 0 aliphatic carbocycles. The highest BCUT2D eigenvalue weighted by molar-refractivity contribution is 7.90. The number of amides is 1. The third kappa shape index (κ3) is 3.78. The fraction of sp³-hybridized carbons (Fsp3) is 0.462. The molecule has 1 aromatic carbocycles. The average Bonchev–Trinajstić information content (AvgIpc) is 2.82. The van der Waals surface area contributed by atoms with Gasteiger partial charge in [0, 0.05) is 19.3 Å². The molecule has 2 rings (SSSR count). The minimum Gasteiger partial charge on any atom is -0.392 e. The smallest absolute Gasteiger partial charge is 0.237 e. The third-order valence-electron chi connectivity index (χ3n) is 3.24. The first-order valence-corrected chi connectivity index (χ1v) is 8.23. The lowest BCUT2D eigenvalue weighted by Gasteiger charge is -2.11. The summed E-state index contributed by atoms with van der Waals surface area (Å²) in [4.78, 5) is 12.1. The lowest BCUT2D eigenvalue weighted by molar-refractivity contribution is -0.123. The first kappa shape index (κ1) is 15.0. The Kier molecular flexibility index (Phi) is 4.42. The van der Waals surface area contributed by atoms with Crippen molar-refractivity contribution in [2.45, 2.75) is 30.0 Å². The van der Waals surface area contributed by atoms with Crippen molar-refractivity contribution in [1.82, 2.24) is 10.6 Å². The van der Waals surface area contributed by atoms with Gasteiger partial charge in [-0.25, -0.2) is 8.42 Å². The molecule has 110 valence electrons. The predicted octanol–water partition coefficient (Wildman–Crippen LogP) is -0.571. The molecule has 1 amide bonds. The number of β-amino-alcohol motifs (C(OH)–C–C–N with tert-alkyl or cyclic N) is 1. The van der Waals surface area contributed by atoms with Gasteiger partial charge in [0.25, 0.3) is 0 Å². The van der Waals surface area contributed by atoms with Crippen LogP contribution in [0.1, 0.15) is 12.0 Å². The highest BCUT2D eigenvalue weighted by atomic mass is 32.2. The number of aliphatic hydroxyl groups is 1. The number of benzene rings is 1. The van der Waals surface area contributed by atoms with E-state index >= 15 is 0 Å². The molecule has 0 bridgehead atoms. The van der Waals surface area contributed by atoms with E-state index in [0.717, 1.165) is 11.8 Å². The monoisotopic (exact) mass is 298 g/mol. The van der Waals surface area contributed by atoms with Gasteiger partial charge in [0.05, 0.1) is 17.0 Å². The Labute approximate surface area is 118 Å². The lowest BCUT2D eigenvalue weighted by atomic mass is 10.2. The molecule has 6 nitrogen and oxygen atoms in total. The van der Waals surface area contributed by atoms with Crippen molar-refractivity contribution in [3.05, 3.63) is 29.8 Å². The van der Waals surface area contributed by atoms with Crippen molar-refractivity contribution in [3.8, 4) is 0 Å². The zero-order chi connectivity index (χ0) is 14.8. The van der Waals surface area contributed by atoms with Gasteiger partial charge in [0.15, 0.2) is 9.84 Å². The molecule has 1 aliphatic heterocycles. The molecule has 7 heteroatoms. The number of hydrogen-bond acceptors (Lipinski definition) is 5. The summed E-state index contributed by atoms with van der Waals surface area (Å²) in [6.07, 6.45) is 1.10. The normalized spacial score (nSPS) is 22.7. The number of aliphatic hydroxyl groups excluding tert-OH is 1. The molecular weight excluding hydrogens is 280 g/mol. The van der Waals surface area contributed by atoms with E-state index in [2.05, 4.69) is 10.6 Å². The van der Waals surface area contributed by atoms with Gasteiger partial charge >= 0.3 is 0 Å². The highest BCUT2D eigenvalue weighted by Gasteiger charge is 2.27. The quantitative estimate of drug-likeness (QED) is 0.692. The van der Waals surface area contributed by atoms with Gasteiger partial charge in [-0.15, -0.1) is 0 Å². The number of carbonyl (C=O) groups is 1. The van der Waals surface area contributed by atoms with Crippen LogP contribution in [-0.4, -0.2) is 44.4 Å². The summed E-state index contributed by atoms with van der Waals surface area (Å²) in [5, 5.41) is 15.0. The van der Waals surface area contributed by atoms with Crippen LogP contribution < -0.4 is 10.6 Å². The Hall–Kier alpha value is -1.44.